The third-order valence-corrected chi connectivity index (χ3v) is 5.32. The van der Waals surface area contributed by atoms with E-state index in [-0.39, 0.29) is 6.10 Å². The van der Waals surface area contributed by atoms with Crippen LogP contribution in [-0.2, 0) is 24.2 Å². The molecule has 1 unspecified atom stereocenters. The smallest absolute Gasteiger partial charge is 0.194 e. The predicted octanol–water partition coefficient (Wildman–Crippen LogP) is 4.01. The summed E-state index contributed by atoms with van der Waals surface area (Å²) in [4.78, 5) is 11.6. The molecule has 1 heterocycles. The van der Waals surface area contributed by atoms with Crippen molar-refractivity contribution in [3.8, 4) is 0 Å². The van der Waals surface area contributed by atoms with E-state index in [9.17, 15) is 0 Å². The number of aliphatic imine (C=N–C) groups is 1. The molecule has 0 saturated carbocycles. The second-order valence-electron chi connectivity index (χ2n) is 6.20. The van der Waals surface area contributed by atoms with E-state index in [1.54, 1.807) is 18.4 Å². The first-order chi connectivity index (χ1) is 12.6. The summed E-state index contributed by atoms with van der Waals surface area (Å²) < 4.78 is 5.35. The van der Waals surface area contributed by atoms with Crippen LogP contribution in [-0.4, -0.2) is 36.5 Å². The highest BCUT2D eigenvalue weighted by molar-refractivity contribution is 7.09. The summed E-state index contributed by atoms with van der Waals surface area (Å²) in [5, 5.41) is 6.48. The zero-order valence-corrected chi connectivity index (χ0v) is 17.3. The topological polar surface area (TPSA) is 49.8 Å². The first kappa shape index (κ1) is 20.4. The van der Waals surface area contributed by atoms with Gasteiger partial charge in [-0.2, -0.15) is 0 Å². The molecule has 5 nitrogen and oxygen atoms in total. The van der Waals surface area contributed by atoms with Crippen molar-refractivity contribution < 1.29 is 4.74 Å². The van der Waals surface area contributed by atoms with Crippen molar-refractivity contribution in [3.05, 3.63) is 51.5 Å². The van der Waals surface area contributed by atoms with Crippen molar-refractivity contribution in [2.45, 2.75) is 46.4 Å². The van der Waals surface area contributed by atoms with E-state index in [1.807, 2.05) is 14.0 Å². The Kier molecular flexibility index (Phi) is 8.06. The molecule has 0 fully saturated rings. The fourth-order valence-electron chi connectivity index (χ4n) is 2.69. The van der Waals surface area contributed by atoms with Crippen molar-refractivity contribution in [1.82, 2.24) is 15.2 Å². The summed E-state index contributed by atoms with van der Waals surface area (Å²) in [6, 6.07) is 8.50. The number of nitrogens with zero attached hydrogens (tertiary/aromatic N) is 3. The monoisotopic (exact) mass is 374 g/mol. The maximum Gasteiger partial charge on any atom is 0.194 e. The molecular formula is C20H30N4OS. The molecule has 142 valence electrons. The van der Waals surface area contributed by atoms with E-state index in [4.69, 9.17) is 9.73 Å². The lowest BCUT2D eigenvalue weighted by Crippen LogP contribution is -2.38. The lowest BCUT2D eigenvalue weighted by atomic mass is 10.1. The van der Waals surface area contributed by atoms with Crippen molar-refractivity contribution >= 4 is 17.3 Å². The van der Waals surface area contributed by atoms with Gasteiger partial charge in [0.25, 0.3) is 0 Å². The van der Waals surface area contributed by atoms with Gasteiger partial charge in [0, 0.05) is 26.1 Å². The summed E-state index contributed by atoms with van der Waals surface area (Å²) in [7, 11) is 3.76. The van der Waals surface area contributed by atoms with Crippen LogP contribution < -0.4 is 5.32 Å². The Labute approximate surface area is 161 Å². The molecule has 1 atom stereocenters. The van der Waals surface area contributed by atoms with E-state index in [2.05, 4.69) is 58.7 Å². The lowest BCUT2D eigenvalue weighted by molar-refractivity contribution is 0.119. The van der Waals surface area contributed by atoms with Crippen molar-refractivity contribution in [3.63, 3.8) is 0 Å². The van der Waals surface area contributed by atoms with Gasteiger partial charge in [-0.15, -0.1) is 11.3 Å². The molecule has 2 rings (SSSR count). The van der Waals surface area contributed by atoms with E-state index < -0.39 is 0 Å². The number of guanidine groups is 1. The third-order valence-electron chi connectivity index (χ3n) is 4.26. The molecule has 0 bridgehead atoms. The average molecular weight is 375 g/mol. The van der Waals surface area contributed by atoms with Gasteiger partial charge in [0.1, 0.15) is 11.1 Å². The predicted molar refractivity (Wildman–Crippen MR) is 110 cm³/mol. The number of hydrogen-bond acceptors (Lipinski definition) is 4. The Morgan fingerprint density at radius 3 is 2.69 bits per heavy atom. The van der Waals surface area contributed by atoms with E-state index in [0.717, 1.165) is 29.6 Å². The Hall–Kier alpha value is -1.92. The van der Waals surface area contributed by atoms with Gasteiger partial charge in [-0.1, -0.05) is 31.2 Å². The molecule has 1 aromatic heterocycles. The van der Waals surface area contributed by atoms with Crippen molar-refractivity contribution in [2.75, 3.05) is 20.7 Å². The van der Waals surface area contributed by atoms with Crippen LogP contribution in [0.3, 0.4) is 0 Å². The lowest BCUT2D eigenvalue weighted by Gasteiger charge is -2.21. The van der Waals surface area contributed by atoms with Crippen LogP contribution in [0.4, 0.5) is 0 Å². The zero-order chi connectivity index (χ0) is 18.9. The Balaban J connectivity index is 2.08. The Morgan fingerprint density at radius 2 is 2.04 bits per heavy atom. The first-order valence-electron chi connectivity index (χ1n) is 9.12. The molecular weight excluding hydrogens is 344 g/mol. The molecule has 1 aromatic carbocycles. The molecule has 0 spiro atoms. The second kappa shape index (κ2) is 10.3. The number of aromatic nitrogens is 1. The quantitative estimate of drug-likeness (QED) is 0.560. The molecule has 0 amide bonds. The molecule has 2 aromatic rings. The van der Waals surface area contributed by atoms with Crippen molar-refractivity contribution in [2.24, 2.45) is 4.99 Å². The van der Waals surface area contributed by atoms with Crippen LogP contribution in [0.1, 0.15) is 48.7 Å². The Bertz CT molecular complexity index is 713. The van der Waals surface area contributed by atoms with E-state index >= 15 is 0 Å². The fourth-order valence-corrected chi connectivity index (χ4v) is 3.53. The maximum atomic E-state index is 5.35. The van der Waals surface area contributed by atoms with E-state index in [1.165, 1.54) is 11.1 Å². The minimum atomic E-state index is 0.0338. The number of nitrogens with one attached hydrogen (secondary N) is 1. The van der Waals surface area contributed by atoms with Crippen LogP contribution in [0.2, 0.25) is 0 Å². The van der Waals surface area contributed by atoms with Crippen LogP contribution in [0.15, 0.2) is 34.6 Å². The SMILES string of the molecule is CCNC(=NCc1ccccc1CC)N(C)Cc1csc(C(C)OC)n1. The Morgan fingerprint density at radius 1 is 1.31 bits per heavy atom. The van der Waals surface area contributed by atoms with Crippen LogP contribution >= 0.6 is 11.3 Å². The number of ether oxygens (including phenoxy) is 1. The second-order valence-corrected chi connectivity index (χ2v) is 7.09. The zero-order valence-electron chi connectivity index (χ0n) is 16.5. The first-order valence-corrected chi connectivity index (χ1v) is 10.00. The summed E-state index contributed by atoms with van der Waals surface area (Å²) >= 11 is 1.64. The van der Waals surface area contributed by atoms with Gasteiger partial charge in [-0.05, 0) is 31.4 Å². The summed E-state index contributed by atoms with van der Waals surface area (Å²) in [6.07, 6.45) is 1.06. The fraction of sp³-hybridized carbons (Fsp3) is 0.500. The average Bonchev–Trinajstić information content (AvgIpc) is 3.13. The van der Waals surface area contributed by atoms with Gasteiger partial charge in [0.05, 0.1) is 18.8 Å². The highest BCUT2D eigenvalue weighted by atomic mass is 32.1. The molecule has 0 aliphatic heterocycles. The summed E-state index contributed by atoms with van der Waals surface area (Å²) in [5.41, 5.74) is 3.67. The highest BCUT2D eigenvalue weighted by Crippen LogP contribution is 2.21. The third kappa shape index (κ3) is 5.54. The number of methoxy groups -OCH3 is 1. The molecule has 0 aliphatic rings. The molecule has 6 heteroatoms. The van der Waals surface area contributed by atoms with Gasteiger partial charge in [-0.3, -0.25) is 0 Å². The maximum absolute atomic E-state index is 5.35. The summed E-state index contributed by atoms with van der Waals surface area (Å²) in [5.74, 6) is 0.896. The largest absolute Gasteiger partial charge is 0.375 e. The molecule has 1 N–H and O–H groups in total. The van der Waals surface area contributed by atoms with Gasteiger partial charge >= 0.3 is 0 Å². The molecule has 0 radical (unpaired) electrons. The van der Waals surface area contributed by atoms with Gasteiger partial charge < -0.3 is 15.0 Å². The number of aryl methyl sites for hydroxylation is 1. The van der Waals surface area contributed by atoms with Gasteiger partial charge in [0.2, 0.25) is 0 Å². The van der Waals surface area contributed by atoms with Gasteiger partial charge in [0.15, 0.2) is 5.96 Å². The number of thiazole rings is 1. The summed E-state index contributed by atoms with van der Waals surface area (Å²) in [6.45, 7) is 8.52. The van der Waals surface area contributed by atoms with Crippen LogP contribution in [0.25, 0.3) is 0 Å². The molecule has 0 aliphatic carbocycles. The number of rotatable bonds is 8. The van der Waals surface area contributed by atoms with Gasteiger partial charge in [-0.25, -0.2) is 9.98 Å². The normalized spacial score (nSPS) is 12.9. The molecule has 0 saturated heterocycles. The standard InChI is InChI=1S/C20H30N4OS/c1-6-16-10-8-9-11-17(16)12-22-20(21-7-2)24(4)13-18-14-26-19(23-18)15(3)25-5/h8-11,14-15H,6-7,12-13H2,1-5H3,(H,21,22). The van der Waals surface area contributed by atoms with Crippen LogP contribution in [0, 0.1) is 0 Å². The van der Waals surface area contributed by atoms with Crippen LogP contribution in [0.5, 0.6) is 0 Å². The minimum Gasteiger partial charge on any atom is -0.375 e. The molecule has 26 heavy (non-hydrogen) atoms. The highest BCUT2D eigenvalue weighted by Gasteiger charge is 2.12. The minimum absolute atomic E-state index is 0.0338. The van der Waals surface area contributed by atoms with Crippen molar-refractivity contribution in [1.29, 1.82) is 0 Å². The van der Waals surface area contributed by atoms with E-state index in [0.29, 0.717) is 13.1 Å². The number of hydrogen-bond donors (Lipinski definition) is 1. The number of benzene rings is 1.